The second-order valence-corrected chi connectivity index (χ2v) is 17.7. The second-order valence-electron chi connectivity index (χ2n) is 16.6. The van der Waals surface area contributed by atoms with Crippen LogP contribution >= 0.6 is 11.3 Å². The van der Waals surface area contributed by atoms with Crippen molar-refractivity contribution >= 4 is 69.9 Å². The number of thiophene rings is 1. The van der Waals surface area contributed by atoms with Crippen LogP contribution in [0.3, 0.4) is 0 Å². The van der Waals surface area contributed by atoms with E-state index < -0.39 is 5.41 Å². The van der Waals surface area contributed by atoms with E-state index >= 15 is 0 Å². The molecule has 13 rings (SSSR count). The highest BCUT2D eigenvalue weighted by Gasteiger charge is 2.52. The summed E-state index contributed by atoms with van der Waals surface area (Å²) in [5, 5.41) is 10.2. The molecular formula is C60H38S. The Balaban J connectivity index is 1.09. The Morgan fingerprint density at radius 1 is 0.393 bits per heavy atom. The van der Waals surface area contributed by atoms with Gasteiger partial charge in [-0.05, 0) is 142 Å². The summed E-state index contributed by atoms with van der Waals surface area (Å²) in [5.41, 5.74) is 16.6. The maximum atomic E-state index is 2.55. The Kier molecular flexibility index (Phi) is 7.41. The third kappa shape index (κ3) is 4.81. The molecule has 1 heterocycles. The lowest BCUT2D eigenvalue weighted by molar-refractivity contribution is 0.795. The van der Waals surface area contributed by atoms with E-state index in [1.165, 1.54) is 125 Å². The molecule has 1 aromatic heterocycles. The highest BCUT2D eigenvalue weighted by Crippen LogP contribution is 2.65. The van der Waals surface area contributed by atoms with Gasteiger partial charge in [0, 0.05) is 25.7 Å². The molecule has 0 amide bonds. The highest BCUT2D eigenvalue weighted by molar-refractivity contribution is 7.26. The van der Waals surface area contributed by atoms with Crippen molar-refractivity contribution in [2.24, 2.45) is 0 Å². The molecule has 2 aliphatic carbocycles. The van der Waals surface area contributed by atoms with Crippen LogP contribution < -0.4 is 0 Å². The average molecular weight is 791 g/mol. The van der Waals surface area contributed by atoms with Crippen LogP contribution in [0, 0.1) is 0 Å². The molecule has 1 spiro atoms. The first-order valence-electron chi connectivity index (χ1n) is 21.3. The first-order valence-corrected chi connectivity index (χ1v) is 22.1. The lowest BCUT2D eigenvalue weighted by Gasteiger charge is -2.30. The lowest BCUT2D eigenvalue weighted by Crippen LogP contribution is -2.25. The van der Waals surface area contributed by atoms with Crippen LogP contribution in [0.4, 0.5) is 0 Å². The predicted octanol–water partition coefficient (Wildman–Crippen LogP) is 16.8. The number of benzene rings is 10. The smallest absolute Gasteiger partial charge is 0.0726 e. The Morgan fingerprint density at radius 2 is 1.08 bits per heavy atom. The summed E-state index contributed by atoms with van der Waals surface area (Å²) in [4.78, 5) is 0. The number of hydrogen-bond acceptors (Lipinski definition) is 1. The average Bonchev–Trinajstić information content (AvgIpc) is 3.95. The summed E-state index contributed by atoms with van der Waals surface area (Å²) in [6.45, 7) is 2.07. The number of rotatable bonds is 4. The van der Waals surface area contributed by atoms with Crippen molar-refractivity contribution in [3.8, 4) is 44.5 Å². The Labute approximate surface area is 359 Å². The van der Waals surface area contributed by atoms with Gasteiger partial charge in [-0.15, -0.1) is 11.3 Å². The van der Waals surface area contributed by atoms with Gasteiger partial charge in [0.25, 0.3) is 0 Å². The Hall–Kier alpha value is -7.32. The largest absolute Gasteiger partial charge is 0.135 e. The molecule has 0 saturated carbocycles. The van der Waals surface area contributed by atoms with Crippen molar-refractivity contribution in [1.29, 1.82) is 0 Å². The Bertz CT molecular complexity index is 3680. The zero-order chi connectivity index (χ0) is 40.2. The van der Waals surface area contributed by atoms with Crippen LogP contribution in [0.2, 0.25) is 0 Å². The highest BCUT2D eigenvalue weighted by atomic mass is 32.1. The zero-order valence-electron chi connectivity index (χ0n) is 33.6. The minimum Gasteiger partial charge on any atom is -0.135 e. The van der Waals surface area contributed by atoms with Crippen molar-refractivity contribution in [2.45, 2.75) is 12.3 Å². The maximum Gasteiger partial charge on any atom is 0.0726 e. The maximum absolute atomic E-state index is 2.55. The first kappa shape index (κ1) is 34.5. The predicted molar refractivity (Wildman–Crippen MR) is 263 cm³/mol. The van der Waals surface area contributed by atoms with Crippen LogP contribution in [-0.4, -0.2) is 0 Å². The third-order valence-electron chi connectivity index (χ3n) is 13.6. The van der Waals surface area contributed by atoms with E-state index in [9.17, 15) is 0 Å². The lowest BCUT2D eigenvalue weighted by atomic mass is 9.70. The minimum atomic E-state index is -0.440. The molecule has 0 fully saturated rings. The van der Waals surface area contributed by atoms with Crippen molar-refractivity contribution in [1.82, 2.24) is 0 Å². The van der Waals surface area contributed by atoms with Crippen molar-refractivity contribution in [2.75, 3.05) is 0 Å². The fourth-order valence-corrected chi connectivity index (χ4v) is 12.3. The second kappa shape index (κ2) is 13.1. The van der Waals surface area contributed by atoms with Crippen molar-refractivity contribution in [3.63, 3.8) is 0 Å². The Morgan fingerprint density at radius 3 is 1.90 bits per heavy atom. The van der Waals surface area contributed by atoms with Gasteiger partial charge in [0.1, 0.15) is 0 Å². The topological polar surface area (TPSA) is 0 Å². The van der Waals surface area contributed by atoms with Crippen molar-refractivity contribution < 1.29 is 0 Å². The van der Waals surface area contributed by atoms with E-state index in [-0.39, 0.29) is 0 Å². The van der Waals surface area contributed by atoms with Gasteiger partial charge in [-0.3, -0.25) is 0 Å². The molecular weight excluding hydrogens is 753 g/mol. The van der Waals surface area contributed by atoms with E-state index in [4.69, 9.17) is 0 Å². The molecule has 1 heteroatoms. The molecule has 0 nitrogen and oxygen atoms in total. The number of hydrogen-bond donors (Lipinski definition) is 0. The van der Waals surface area contributed by atoms with Gasteiger partial charge in [0.2, 0.25) is 0 Å². The molecule has 0 unspecified atom stereocenters. The quantitative estimate of drug-likeness (QED) is 0.123. The first-order chi connectivity index (χ1) is 30.2. The summed E-state index contributed by atoms with van der Waals surface area (Å²) in [6, 6.07) is 71.3. The summed E-state index contributed by atoms with van der Waals surface area (Å²) in [5.74, 6) is 0. The summed E-state index contributed by atoms with van der Waals surface area (Å²) < 4.78 is 2.71. The normalized spacial score (nSPS) is 13.7. The molecule has 0 radical (unpaired) electrons. The number of fused-ring (bicyclic) bond motifs is 18. The van der Waals surface area contributed by atoms with Gasteiger partial charge in [0.15, 0.2) is 0 Å². The van der Waals surface area contributed by atoms with Crippen LogP contribution in [0.5, 0.6) is 0 Å². The fraction of sp³-hybridized carbons (Fsp3) is 0.0333. The monoisotopic (exact) mass is 790 g/mol. The molecule has 0 atom stereocenters. The van der Waals surface area contributed by atoms with Crippen LogP contribution in [0.1, 0.15) is 34.7 Å². The molecule has 0 saturated heterocycles. The molecule has 0 bridgehead atoms. The molecule has 284 valence electrons. The van der Waals surface area contributed by atoms with E-state index in [0.717, 1.165) is 0 Å². The van der Waals surface area contributed by atoms with Gasteiger partial charge in [-0.2, -0.15) is 0 Å². The van der Waals surface area contributed by atoms with E-state index in [1.807, 2.05) is 11.3 Å². The van der Waals surface area contributed by atoms with Gasteiger partial charge in [-0.1, -0.05) is 176 Å². The molecule has 10 aromatic carbocycles. The van der Waals surface area contributed by atoms with Gasteiger partial charge >= 0.3 is 0 Å². The van der Waals surface area contributed by atoms with Crippen LogP contribution in [0.25, 0.3) is 103 Å². The van der Waals surface area contributed by atoms with Gasteiger partial charge < -0.3 is 0 Å². The summed E-state index contributed by atoms with van der Waals surface area (Å²) in [7, 11) is 0. The molecule has 61 heavy (non-hydrogen) atoms. The summed E-state index contributed by atoms with van der Waals surface area (Å²) in [6.07, 6.45) is 8.63. The zero-order valence-corrected chi connectivity index (χ0v) is 34.4. The van der Waals surface area contributed by atoms with Crippen LogP contribution in [0.15, 0.2) is 206 Å². The summed E-state index contributed by atoms with van der Waals surface area (Å²) >= 11 is 1.94. The van der Waals surface area contributed by atoms with Crippen LogP contribution in [-0.2, 0) is 5.41 Å². The standard InChI is InChI=1S/C60H38S/c1-2-3-4-17-39-33-42-34-51(43-18-7-8-19-44(43)52(42)36-50(39)40-27-26-37-15-5-6-16-38(37)32-40)41-28-29-49-56(35-41)60(53-23-12-9-20-45(53)46-21-10-13-24-54(46)60)55-31-30-48-47-22-11-14-25-57(47)61-59(48)58(49)55/h2-36H,1H3/b3-2-,17-4-. The van der Waals surface area contributed by atoms with Crippen molar-refractivity contribution in [3.05, 3.63) is 234 Å². The van der Waals surface area contributed by atoms with E-state index in [2.05, 4.69) is 219 Å². The van der Waals surface area contributed by atoms with E-state index in [0.29, 0.717) is 0 Å². The fourth-order valence-electron chi connectivity index (χ4n) is 11.0. The van der Waals surface area contributed by atoms with Gasteiger partial charge in [-0.25, -0.2) is 0 Å². The SMILES string of the molecule is C/C=C\C=C/c1cc2cc(-c3ccc4c(c3)C3(c5ccccc5-c5ccccc53)c3ccc5c(sc6ccccc65)c3-4)c3ccccc3c2cc1-c1ccc2ccccc2c1. The number of allylic oxidation sites excluding steroid dienone is 3. The molecule has 0 aliphatic heterocycles. The molecule has 0 N–H and O–H groups in total. The molecule has 2 aliphatic rings. The van der Waals surface area contributed by atoms with Gasteiger partial charge in [0.05, 0.1) is 5.41 Å². The van der Waals surface area contributed by atoms with E-state index in [1.54, 1.807) is 0 Å². The minimum absolute atomic E-state index is 0.440. The third-order valence-corrected chi connectivity index (χ3v) is 14.8. The molecule has 11 aromatic rings.